The van der Waals surface area contributed by atoms with Crippen LogP contribution in [0.15, 0.2) is 18.2 Å². The van der Waals surface area contributed by atoms with Crippen LogP contribution in [0.1, 0.15) is 80.9 Å². The molecule has 2 aliphatic heterocycles. The van der Waals surface area contributed by atoms with Crippen molar-refractivity contribution in [3.8, 4) is 0 Å². The number of nitrogens with zero attached hydrogens (tertiary/aromatic N) is 2. The lowest BCUT2D eigenvalue weighted by atomic mass is 9.75. The first kappa shape index (κ1) is 25.3. The zero-order chi connectivity index (χ0) is 25.4. The number of ether oxygens (including phenoxy) is 2. The molecule has 6 nitrogen and oxygen atoms in total. The number of aromatic nitrogens is 1. The van der Waals surface area contributed by atoms with Gasteiger partial charge in [0.15, 0.2) is 0 Å². The van der Waals surface area contributed by atoms with Gasteiger partial charge < -0.3 is 18.9 Å². The summed E-state index contributed by atoms with van der Waals surface area (Å²) >= 11 is 0. The van der Waals surface area contributed by atoms with E-state index in [-0.39, 0.29) is 17.8 Å². The summed E-state index contributed by atoms with van der Waals surface area (Å²) in [6.07, 6.45) is 8.08. The Balaban J connectivity index is 1.32. The molecule has 1 aliphatic carbocycles. The zero-order valence-electron chi connectivity index (χ0n) is 22.5. The van der Waals surface area contributed by atoms with E-state index in [1.54, 1.807) is 0 Å². The Bertz CT molecular complexity index is 1120. The Labute approximate surface area is 215 Å². The summed E-state index contributed by atoms with van der Waals surface area (Å²) in [5, 5.41) is 1.25. The molecule has 196 valence electrons. The van der Waals surface area contributed by atoms with Gasteiger partial charge in [-0.15, -0.1) is 0 Å². The van der Waals surface area contributed by atoms with Gasteiger partial charge >= 0.3 is 5.97 Å². The molecule has 3 heterocycles. The number of benzene rings is 1. The second-order valence-electron chi connectivity index (χ2n) is 12.2. The smallest absolute Gasteiger partial charge is 0.306 e. The van der Waals surface area contributed by atoms with E-state index in [4.69, 9.17) is 9.47 Å². The van der Waals surface area contributed by atoms with E-state index in [0.717, 1.165) is 56.9 Å². The van der Waals surface area contributed by atoms with Crippen LogP contribution >= 0.6 is 0 Å². The number of fused-ring (bicyclic) bond motifs is 3. The van der Waals surface area contributed by atoms with Gasteiger partial charge in [0.05, 0.1) is 6.42 Å². The Hall–Kier alpha value is -2.34. The van der Waals surface area contributed by atoms with E-state index in [9.17, 15) is 9.59 Å². The summed E-state index contributed by atoms with van der Waals surface area (Å²) in [5.41, 5.74) is 4.40. The molecular weight excluding hydrogens is 452 g/mol. The number of esters is 1. The molecule has 1 aromatic heterocycles. The van der Waals surface area contributed by atoms with Crippen LogP contribution in [0.3, 0.4) is 0 Å². The molecule has 0 spiro atoms. The van der Waals surface area contributed by atoms with Crippen molar-refractivity contribution < 1.29 is 19.1 Å². The van der Waals surface area contributed by atoms with Crippen molar-refractivity contribution in [2.24, 2.45) is 24.8 Å². The topological polar surface area (TPSA) is 60.8 Å². The fourth-order valence-corrected chi connectivity index (χ4v) is 6.75. The predicted octanol–water partition coefficient (Wildman–Crippen LogP) is 5.29. The van der Waals surface area contributed by atoms with Gasteiger partial charge in [-0.25, -0.2) is 0 Å². The van der Waals surface area contributed by atoms with Gasteiger partial charge in [-0.2, -0.15) is 0 Å². The standard InChI is InChI=1S/C30H42N2O4/c1-30(2,3)36-28(33)16-20-6-5-13-32(19-20)29(34)23-8-10-27-25(18-23)24-17-22(7-9-26(24)31(27)4)21-11-14-35-15-12-21/h8,10,18,20-22H,5-7,9,11-17,19H2,1-4H3/t20-,22-/m1/s1. The SMILES string of the molecule is Cn1c2c(c3cc(C(=O)N4CCC[C@H](CC(=O)OC(C)(C)C)C4)ccc31)C[C@H](C1CCOCC1)CC2. The molecule has 6 heteroatoms. The number of rotatable bonds is 4. The van der Waals surface area contributed by atoms with Crippen molar-refractivity contribution in [1.29, 1.82) is 0 Å². The normalized spacial score (nSPS) is 23.5. The fourth-order valence-electron chi connectivity index (χ4n) is 6.75. The second kappa shape index (κ2) is 10.2. The average molecular weight is 495 g/mol. The maximum atomic E-state index is 13.6. The van der Waals surface area contributed by atoms with Crippen molar-refractivity contribution in [2.75, 3.05) is 26.3 Å². The Morgan fingerprint density at radius 1 is 1.08 bits per heavy atom. The van der Waals surface area contributed by atoms with Crippen molar-refractivity contribution in [3.63, 3.8) is 0 Å². The van der Waals surface area contributed by atoms with E-state index in [0.29, 0.717) is 18.9 Å². The van der Waals surface area contributed by atoms with Gasteiger partial charge in [-0.1, -0.05) is 0 Å². The lowest BCUT2D eigenvalue weighted by Crippen LogP contribution is -2.41. The molecule has 5 rings (SSSR count). The number of carbonyl (C=O) groups is 2. The first-order valence-electron chi connectivity index (χ1n) is 13.9. The lowest BCUT2D eigenvalue weighted by molar-refractivity contribution is -0.156. The highest BCUT2D eigenvalue weighted by atomic mass is 16.6. The maximum Gasteiger partial charge on any atom is 0.306 e. The Morgan fingerprint density at radius 2 is 1.86 bits per heavy atom. The monoisotopic (exact) mass is 494 g/mol. The molecule has 0 radical (unpaired) electrons. The zero-order valence-corrected chi connectivity index (χ0v) is 22.5. The Morgan fingerprint density at radius 3 is 2.61 bits per heavy atom. The van der Waals surface area contributed by atoms with Crippen molar-refractivity contribution in [1.82, 2.24) is 9.47 Å². The highest BCUT2D eigenvalue weighted by Gasteiger charge is 2.32. The minimum absolute atomic E-state index is 0.0835. The van der Waals surface area contributed by atoms with E-state index in [1.807, 2.05) is 31.7 Å². The highest BCUT2D eigenvalue weighted by molar-refractivity contribution is 5.99. The molecule has 0 unspecified atom stereocenters. The third kappa shape index (κ3) is 5.34. The number of carbonyl (C=O) groups excluding carboxylic acids is 2. The first-order valence-corrected chi connectivity index (χ1v) is 13.9. The van der Waals surface area contributed by atoms with Crippen LogP contribution in [0.5, 0.6) is 0 Å². The molecule has 1 amide bonds. The molecule has 0 saturated carbocycles. The molecule has 2 saturated heterocycles. The summed E-state index contributed by atoms with van der Waals surface area (Å²) in [6, 6.07) is 6.26. The summed E-state index contributed by atoms with van der Waals surface area (Å²) in [6.45, 7) is 8.85. The summed E-state index contributed by atoms with van der Waals surface area (Å²) in [5.74, 6) is 1.54. The van der Waals surface area contributed by atoms with Crippen LogP contribution in [0.4, 0.5) is 0 Å². The molecule has 1 aromatic carbocycles. The molecule has 0 N–H and O–H groups in total. The molecule has 2 aromatic rings. The molecule has 36 heavy (non-hydrogen) atoms. The van der Waals surface area contributed by atoms with Gasteiger partial charge in [0, 0.05) is 55.5 Å². The summed E-state index contributed by atoms with van der Waals surface area (Å²) in [7, 11) is 2.17. The Kier molecular flexibility index (Phi) is 7.17. The first-order chi connectivity index (χ1) is 17.2. The van der Waals surface area contributed by atoms with Gasteiger partial charge in [0.25, 0.3) is 5.91 Å². The van der Waals surface area contributed by atoms with Crippen LogP contribution in [0.25, 0.3) is 10.9 Å². The van der Waals surface area contributed by atoms with Crippen LogP contribution in [0, 0.1) is 17.8 Å². The van der Waals surface area contributed by atoms with E-state index < -0.39 is 5.60 Å². The number of likely N-dealkylation sites (tertiary alicyclic amines) is 1. The number of piperidine rings is 1. The molecule has 2 fully saturated rings. The molecule has 0 bridgehead atoms. The summed E-state index contributed by atoms with van der Waals surface area (Å²) < 4.78 is 13.5. The van der Waals surface area contributed by atoms with Crippen molar-refractivity contribution in [2.45, 2.75) is 77.7 Å². The summed E-state index contributed by atoms with van der Waals surface area (Å²) in [4.78, 5) is 27.9. The van der Waals surface area contributed by atoms with Crippen LogP contribution in [0.2, 0.25) is 0 Å². The van der Waals surface area contributed by atoms with E-state index in [2.05, 4.69) is 23.7 Å². The van der Waals surface area contributed by atoms with Gasteiger partial charge in [0.1, 0.15) is 5.60 Å². The predicted molar refractivity (Wildman–Crippen MR) is 141 cm³/mol. The third-order valence-electron chi connectivity index (χ3n) is 8.52. The second-order valence-corrected chi connectivity index (χ2v) is 12.2. The number of hydrogen-bond donors (Lipinski definition) is 0. The van der Waals surface area contributed by atoms with Crippen LogP contribution in [-0.4, -0.2) is 53.2 Å². The van der Waals surface area contributed by atoms with E-state index in [1.165, 1.54) is 41.4 Å². The van der Waals surface area contributed by atoms with E-state index >= 15 is 0 Å². The molecular formula is C30H42N2O4. The van der Waals surface area contributed by atoms with Gasteiger partial charge in [-0.3, -0.25) is 9.59 Å². The van der Waals surface area contributed by atoms with Crippen LogP contribution in [-0.2, 0) is 34.2 Å². The largest absolute Gasteiger partial charge is 0.460 e. The third-order valence-corrected chi connectivity index (χ3v) is 8.52. The molecule has 3 aliphatic rings. The quantitative estimate of drug-likeness (QED) is 0.542. The van der Waals surface area contributed by atoms with Gasteiger partial charge in [-0.05, 0) is 107 Å². The number of hydrogen-bond acceptors (Lipinski definition) is 4. The maximum absolute atomic E-state index is 13.6. The minimum Gasteiger partial charge on any atom is -0.460 e. The van der Waals surface area contributed by atoms with Crippen LogP contribution < -0.4 is 0 Å². The molecule has 2 atom stereocenters. The fraction of sp³-hybridized carbons (Fsp3) is 0.667. The minimum atomic E-state index is -0.477. The highest BCUT2D eigenvalue weighted by Crippen LogP contribution is 2.39. The lowest BCUT2D eigenvalue weighted by Gasteiger charge is -2.33. The average Bonchev–Trinajstić information content (AvgIpc) is 3.14. The number of amides is 1. The van der Waals surface area contributed by atoms with Gasteiger partial charge in [0.2, 0.25) is 0 Å². The van der Waals surface area contributed by atoms with Crippen molar-refractivity contribution >= 4 is 22.8 Å². The number of aryl methyl sites for hydroxylation is 1. The van der Waals surface area contributed by atoms with Crippen molar-refractivity contribution in [3.05, 3.63) is 35.0 Å².